The summed E-state index contributed by atoms with van der Waals surface area (Å²) in [6.45, 7) is 1.17. The molecule has 1 aromatic heterocycles. The van der Waals surface area contributed by atoms with Gasteiger partial charge in [0.05, 0.1) is 17.1 Å². The van der Waals surface area contributed by atoms with Crippen molar-refractivity contribution in [3.8, 4) is 16.9 Å². The first-order valence-corrected chi connectivity index (χ1v) is 9.07. The van der Waals surface area contributed by atoms with E-state index in [9.17, 15) is 13.2 Å². The van der Waals surface area contributed by atoms with Crippen molar-refractivity contribution in [2.24, 2.45) is 0 Å². The number of hydrogen-bond donors (Lipinski definition) is 0. The van der Waals surface area contributed by atoms with Crippen LogP contribution < -0.4 is 15.4 Å². The van der Waals surface area contributed by atoms with Crippen LogP contribution in [0, 0.1) is 0 Å². The van der Waals surface area contributed by atoms with E-state index in [-0.39, 0.29) is 0 Å². The van der Waals surface area contributed by atoms with Crippen molar-refractivity contribution in [1.29, 1.82) is 0 Å². The number of anilines is 1. The Morgan fingerprint density at radius 3 is 2.04 bits per heavy atom. The maximum Gasteiger partial charge on any atom is 0.416 e. The normalized spacial score (nSPS) is 11.4. The summed E-state index contributed by atoms with van der Waals surface area (Å²) in [5.41, 5.74) is 8.45. The van der Waals surface area contributed by atoms with Crippen molar-refractivity contribution >= 4 is 21.3 Å². The summed E-state index contributed by atoms with van der Waals surface area (Å²) >= 11 is 1.41. The van der Waals surface area contributed by atoms with Crippen LogP contribution >= 0.6 is 11.3 Å². The largest absolute Gasteiger partial charge is 0.492 e. The van der Waals surface area contributed by atoms with Gasteiger partial charge >= 0.3 is 6.18 Å². The number of benzene rings is 2. The smallest absolute Gasteiger partial charge is 0.416 e. The number of rotatable bonds is 6. The van der Waals surface area contributed by atoms with E-state index in [1.54, 1.807) is 18.2 Å². The lowest BCUT2D eigenvalue weighted by molar-refractivity contribution is -0.137. The van der Waals surface area contributed by atoms with Crippen molar-refractivity contribution in [2.45, 2.75) is 6.18 Å². The van der Waals surface area contributed by atoms with Gasteiger partial charge in [-0.25, -0.2) is 0 Å². The van der Waals surface area contributed by atoms with Crippen molar-refractivity contribution in [1.82, 2.24) is 5.73 Å². The Labute approximate surface area is 159 Å². The van der Waals surface area contributed by atoms with Crippen LogP contribution in [0.4, 0.5) is 23.2 Å². The highest BCUT2D eigenvalue weighted by Gasteiger charge is 2.29. The summed E-state index contributed by atoms with van der Waals surface area (Å²) < 4.78 is 43.6. The number of nitrogens with one attached hydrogen (secondary N) is 1. The fourth-order valence-corrected chi connectivity index (χ4v) is 3.28. The number of thiophene rings is 1. The Morgan fingerprint density at radius 1 is 0.926 bits per heavy atom. The number of ether oxygens (including phenoxy) is 1. The van der Waals surface area contributed by atoms with Gasteiger partial charge in [-0.05, 0) is 47.5 Å². The lowest BCUT2D eigenvalue weighted by atomic mass is 10.0. The van der Waals surface area contributed by atoms with E-state index < -0.39 is 11.7 Å². The van der Waals surface area contributed by atoms with Crippen molar-refractivity contribution in [3.63, 3.8) is 0 Å². The van der Waals surface area contributed by atoms with Gasteiger partial charge in [-0.3, -0.25) is 5.73 Å². The zero-order valence-corrected chi connectivity index (χ0v) is 15.4. The van der Waals surface area contributed by atoms with Crippen LogP contribution in [-0.2, 0) is 6.18 Å². The highest BCUT2D eigenvalue weighted by atomic mass is 32.1. The summed E-state index contributed by atoms with van der Waals surface area (Å²) in [5, 5.41) is 1.54. The third-order valence-corrected chi connectivity index (χ3v) is 5.08. The third-order valence-electron chi connectivity index (χ3n) is 4.06. The van der Waals surface area contributed by atoms with E-state index in [4.69, 9.17) is 10.5 Å². The van der Waals surface area contributed by atoms with E-state index in [1.165, 1.54) is 23.5 Å². The molecule has 0 unspecified atom stereocenters. The molecular formula is C20H18F3N2OS. The van der Waals surface area contributed by atoms with Gasteiger partial charge in [-0.1, -0.05) is 35.6 Å². The minimum atomic E-state index is -4.32. The Bertz CT molecular complexity index is 873. The highest BCUT2D eigenvalue weighted by Crippen LogP contribution is 2.31. The average molecular weight is 391 g/mol. The molecule has 2 aromatic carbocycles. The van der Waals surface area contributed by atoms with Gasteiger partial charge in [0.2, 0.25) is 0 Å². The topological polar surface area (TPSA) is 36.3 Å². The first-order valence-electron chi connectivity index (χ1n) is 8.26. The molecule has 1 heterocycles. The average Bonchev–Trinajstić information content (AvgIpc) is 3.08. The molecule has 1 N–H and O–H groups in total. The quantitative estimate of drug-likeness (QED) is 0.527. The Kier molecular flexibility index (Phi) is 5.60. The lowest BCUT2D eigenvalue weighted by Crippen LogP contribution is -2.22. The molecule has 1 radical (unpaired) electrons. The van der Waals surface area contributed by atoms with Crippen molar-refractivity contribution in [2.75, 3.05) is 25.1 Å². The van der Waals surface area contributed by atoms with Crippen LogP contribution in [0.5, 0.6) is 5.75 Å². The zero-order valence-electron chi connectivity index (χ0n) is 14.6. The molecule has 3 rings (SSSR count). The second-order valence-corrected chi connectivity index (χ2v) is 7.07. The standard InChI is InChI=1S/C20H18F3N2OS/c1-25(19-11-10-18(24)27-19)12-13-26-17-8-4-15(5-9-17)14-2-6-16(7-3-14)20(21,22)23/h2-11,24H,12-13H2,1H3. The van der Waals surface area contributed by atoms with Crippen molar-refractivity contribution < 1.29 is 17.9 Å². The molecule has 0 fully saturated rings. The summed E-state index contributed by atoms with van der Waals surface area (Å²) in [4.78, 5) is 2.03. The monoisotopic (exact) mass is 391 g/mol. The number of hydrogen-bond acceptors (Lipinski definition) is 3. The maximum absolute atomic E-state index is 12.6. The van der Waals surface area contributed by atoms with Crippen LogP contribution in [0.1, 0.15) is 5.56 Å². The molecule has 3 aromatic rings. The molecule has 0 saturated carbocycles. The molecule has 3 nitrogen and oxygen atoms in total. The first-order chi connectivity index (χ1) is 12.8. The Balaban J connectivity index is 1.55. The molecule has 0 bridgehead atoms. The van der Waals surface area contributed by atoms with Crippen LogP contribution in [0.3, 0.4) is 0 Å². The minimum Gasteiger partial charge on any atom is -0.492 e. The molecule has 0 amide bonds. The maximum atomic E-state index is 12.6. The Morgan fingerprint density at radius 2 is 1.52 bits per heavy atom. The SMILES string of the molecule is CN(CCOc1ccc(-c2ccc(C(F)(F)F)cc2)cc1)c1ccc([NH])s1. The van der Waals surface area contributed by atoms with E-state index in [2.05, 4.69) is 0 Å². The lowest BCUT2D eigenvalue weighted by Gasteiger charge is -2.17. The number of halogens is 3. The molecule has 0 aliphatic heterocycles. The summed E-state index contributed by atoms with van der Waals surface area (Å²) in [7, 11) is 1.95. The van der Waals surface area contributed by atoms with Crippen LogP contribution in [0.2, 0.25) is 0 Å². The van der Waals surface area contributed by atoms with E-state index >= 15 is 0 Å². The van der Waals surface area contributed by atoms with Gasteiger partial charge in [-0.2, -0.15) is 13.2 Å². The van der Waals surface area contributed by atoms with Gasteiger partial charge in [0.25, 0.3) is 0 Å². The molecule has 0 aliphatic rings. The molecule has 0 spiro atoms. The molecule has 7 heteroatoms. The number of alkyl halides is 3. The van der Waals surface area contributed by atoms with Gasteiger partial charge in [0, 0.05) is 7.05 Å². The second-order valence-electron chi connectivity index (χ2n) is 6.01. The predicted molar refractivity (Wildman–Crippen MR) is 103 cm³/mol. The van der Waals surface area contributed by atoms with Crippen LogP contribution in [0.25, 0.3) is 11.1 Å². The highest BCUT2D eigenvalue weighted by molar-refractivity contribution is 7.19. The molecular weight excluding hydrogens is 373 g/mol. The molecule has 141 valence electrons. The first kappa shape index (κ1) is 19.1. The van der Waals surface area contributed by atoms with Crippen molar-refractivity contribution in [3.05, 3.63) is 66.2 Å². The summed E-state index contributed by atoms with van der Waals surface area (Å²) in [6.07, 6.45) is -4.32. The molecule has 0 atom stereocenters. The van der Waals surface area contributed by atoms with Gasteiger partial charge in [0.15, 0.2) is 0 Å². The number of likely N-dealkylation sites (N-methyl/N-ethyl adjacent to an activating group) is 1. The number of nitrogens with zero attached hydrogens (tertiary/aromatic N) is 1. The molecule has 0 aliphatic carbocycles. The van der Waals surface area contributed by atoms with Gasteiger partial charge in [-0.15, -0.1) is 0 Å². The molecule has 27 heavy (non-hydrogen) atoms. The van der Waals surface area contributed by atoms with Crippen LogP contribution in [0.15, 0.2) is 60.7 Å². The van der Waals surface area contributed by atoms with E-state index in [1.807, 2.05) is 30.1 Å². The fourth-order valence-electron chi connectivity index (χ4n) is 2.54. The van der Waals surface area contributed by atoms with Gasteiger partial charge in [0.1, 0.15) is 17.4 Å². The zero-order chi connectivity index (χ0) is 19.4. The summed E-state index contributed by atoms with van der Waals surface area (Å²) in [6, 6.07) is 16.0. The predicted octanol–water partition coefficient (Wildman–Crippen LogP) is 5.86. The van der Waals surface area contributed by atoms with E-state index in [0.717, 1.165) is 28.3 Å². The van der Waals surface area contributed by atoms with Gasteiger partial charge < -0.3 is 9.64 Å². The minimum absolute atomic E-state index is 0.487. The summed E-state index contributed by atoms with van der Waals surface area (Å²) in [5.74, 6) is 0.700. The van der Waals surface area contributed by atoms with E-state index in [0.29, 0.717) is 23.9 Å². The fraction of sp³-hybridized carbons (Fsp3) is 0.200. The van der Waals surface area contributed by atoms with Crippen LogP contribution in [-0.4, -0.2) is 20.2 Å². The molecule has 0 saturated heterocycles. The Hall–Kier alpha value is -2.67. The third kappa shape index (κ3) is 4.95. The second kappa shape index (κ2) is 7.92.